The van der Waals surface area contributed by atoms with E-state index in [-0.39, 0.29) is 18.3 Å². The van der Waals surface area contributed by atoms with E-state index in [9.17, 15) is 0 Å². The maximum atomic E-state index is 6.20. The minimum Gasteiger partial charge on any atom is -0.399 e. The number of hydrogen-bond acceptors (Lipinski definition) is 3. The smallest absolute Gasteiger partial charge is 0.399 e. The third-order valence-corrected chi connectivity index (χ3v) is 7.49. The average molecular weight is 472 g/mol. The number of para-hydroxylation sites is 3. The van der Waals surface area contributed by atoms with Crippen LogP contribution in [-0.4, -0.2) is 27.9 Å². The Morgan fingerprint density at radius 1 is 0.611 bits per heavy atom. The number of nitrogens with zero attached hydrogens (tertiary/aromatic N) is 2. The van der Waals surface area contributed by atoms with Crippen molar-refractivity contribution < 1.29 is 9.31 Å². The summed E-state index contributed by atoms with van der Waals surface area (Å²) in [5, 5.41) is 0. The van der Waals surface area contributed by atoms with E-state index in [1.165, 1.54) is 0 Å². The molecule has 0 N–H and O–H groups in total. The number of benzene rings is 4. The number of hydrogen-bond donors (Lipinski definition) is 0. The van der Waals surface area contributed by atoms with Crippen LogP contribution in [0.1, 0.15) is 27.7 Å². The van der Waals surface area contributed by atoms with Gasteiger partial charge >= 0.3 is 7.12 Å². The second-order valence-electron chi connectivity index (χ2n) is 10.4. The van der Waals surface area contributed by atoms with E-state index in [1.54, 1.807) is 0 Å². The van der Waals surface area contributed by atoms with E-state index >= 15 is 0 Å². The molecule has 1 fully saturated rings. The zero-order chi connectivity index (χ0) is 24.9. The van der Waals surface area contributed by atoms with E-state index < -0.39 is 0 Å². The largest absolute Gasteiger partial charge is 0.494 e. The van der Waals surface area contributed by atoms with Crippen LogP contribution in [0.2, 0.25) is 0 Å². The van der Waals surface area contributed by atoms with Crippen molar-refractivity contribution in [2.24, 2.45) is 0 Å². The van der Waals surface area contributed by atoms with Gasteiger partial charge in [-0.25, -0.2) is 4.98 Å². The molecule has 0 amide bonds. The van der Waals surface area contributed by atoms with E-state index in [1.807, 2.05) is 12.1 Å². The van der Waals surface area contributed by atoms with Gasteiger partial charge in [0, 0.05) is 11.3 Å². The van der Waals surface area contributed by atoms with Crippen LogP contribution in [0.15, 0.2) is 103 Å². The van der Waals surface area contributed by atoms with Gasteiger partial charge in [-0.15, -0.1) is 0 Å². The molecule has 5 aromatic rings. The number of rotatable bonds is 4. The Morgan fingerprint density at radius 3 is 1.78 bits per heavy atom. The zero-order valence-corrected chi connectivity index (χ0v) is 21.1. The molecular weight excluding hydrogens is 443 g/mol. The standard InChI is InChI=1S/C31H29BN2O2/c1-30(2)31(3,4)36-32(35-30)25-20-18-23(19-21-25)22-14-16-24(17-15-22)29-33-27-12-8-9-13-28(27)34(29)26-10-6-5-7-11-26/h5-21H,1-4H3. The Balaban J connectivity index is 1.31. The van der Waals surface area contributed by atoms with Crippen LogP contribution >= 0.6 is 0 Å². The normalized spacial score (nSPS) is 16.5. The quantitative estimate of drug-likeness (QED) is 0.275. The van der Waals surface area contributed by atoms with Gasteiger partial charge in [-0.3, -0.25) is 4.57 Å². The summed E-state index contributed by atoms with van der Waals surface area (Å²) in [4.78, 5) is 4.98. The highest BCUT2D eigenvalue weighted by Crippen LogP contribution is 2.36. The predicted molar refractivity (Wildman–Crippen MR) is 148 cm³/mol. The van der Waals surface area contributed by atoms with Gasteiger partial charge in [-0.1, -0.05) is 78.9 Å². The summed E-state index contributed by atoms with van der Waals surface area (Å²) in [6.45, 7) is 8.31. The van der Waals surface area contributed by atoms with Gasteiger partial charge in [0.25, 0.3) is 0 Å². The molecule has 1 aromatic heterocycles. The van der Waals surface area contributed by atoms with Gasteiger partial charge in [-0.2, -0.15) is 0 Å². The highest BCUT2D eigenvalue weighted by Gasteiger charge is 2.51. The van der Waals surface area contributed by atoms with Gasteiger partial charge in [0.05, 0.1) is 22.2 Å². The zero-order valence-electron chi connectivity index (χ0n) is 21.1. The summed E-state index contributed by atoms with van der Waals surface area (Å²) in [5.41, 5.74) is 6.91. The number of imidazole rings is 1. The first-order valence-electron chi connectivity index (χ1n) is 12.4. The molecule has 0 unspecified atom stereocenters. The topological polar surface area (TPSA) is 36.3 Å². The second kappa shape index (κ2) is 8.47. The SMILES string of the molecule is CC1(C)OB(c2ccc(-c3ccc(-c4nc5ccccc5n4-c4ccccc4)cc3)cc2)OC1(C)C. The average Bonchev–Trinajstić information content (AvgIpc) is 3.38. The number of aromatic nitrogens is 2. The molecule has 4 aromatic carbocycles. The Kier molecular flexibility index (Phi) is 5.36. The fraction of sp³-hybridized carbons (Fsp3) is 0.194. The van der Waals surface area contributed by atoms with Crippen molar-refractivity contribution in [3.8, 4) is 28.2 Å². The molecule has 0 bridgehead atoms. The van der Waals surface area contributed by atoms with Crippen molar-refractivity contribution in [1.29, 1.82) is 0 Å². The Labute approximate surface area is 212 Å². The fourth-order valence-electron chi connectivity index (χ4n) is 4.68. The summed E-state index contributed by atoms with van der Waals surface area (Å²) < 4.78 is 14.6. The maximum absolute atomic E-state index is 6.20. The van der Waals surface area contributed by atoms with Gasteiger partial charge < -0.3 is 9.31 Å². The van der Waals surface area contributed by atoms with Crippen molar-refractivity contribution in [3.63, 3.8) is 0 Å². The maximum Gasteiger partial charge on any atom is 0.494 e. The molecule has 0 spiro atoms. The molecule has 0 aliphatic carbocycles. The van der Waals surface area contributed by atoms with Crippen LogP contribution in [-0.2, 0) is 9.31 Å². The lowest BCUT2D eigenvalue weighted by atomic mass is 9.78. The van der Waals surface area contributed by atoms with Crippen molar-refractivity contribution in [1.82, 2.24) is 9.55 Å². The fourth-order valence-corrected chi connectivity index (χ4v) is 4.68. The van der Waals surface area contributed by atoms with Gasteiger partial charge in [0.15, 0.2) is 0 Å². The molecule has 4 nitrogen and oxygen atoms in total. The first-order valence-corrected chi connectivity index (χ1v) is 12.4. The predicted octanol–water partition coefficient (Wildman–Crippen LogP) is 6.66. The summed E-state index contributed by atoms with van der Waals surface area (Å²) >= 11 is 0. The molecule has 178 valence electrons. The number of fused-ring (bicyclic) bond motifs is 1. The third-order valence-electron chi connectivity index (χ3n) is 7.49. The van der Waals surface area contributed by atoms with Crippen molar-refractivity contribution in [3.05, 3.63) is 103 Å². The van der Waals surface area contributed by atoms with Crippen LogP contribution in [0.25, 0.3) is 39.2 Å². The van der Waals surface area contributed by atoms with Crippen LogP contribution in [0, 0.1) is 0 Å². The molecule has 1 aliphatic rings. The first kappa shape index (κ1) is 22.8. The Bertz CT molecular complexity index is 1510. The lowest BCUT2D eigenvalue weighted by Gasteiger charge is -2.32. The molecule has 5 heteroatoms. The molecule has 1 aliphatic heterocycles. The highest BCUT2D eigenvalue weighted by molar-refractivity contribution is 6.62. The Hall–Kier alpha value is -3.67. The van der Waals surface area contributed by atoms with Crippen LogP contribution < -0.4 is 5.46 Å². The van der Waals surface area contributed by atoms with E-state index in [0.29, 0.717) is 0 Å². The van der Waals surface area contributed by atoms with Crippen LogP contribution in [0.4, 0.5) is 0 Å². The molecule has 36 heavy (non-hydrogen) atoms. The highest BCUT2D eigenvalue weighted by atomic mass is 16.7. The summed E-state index contributed by atoms with van der Waals surface area (Å²) in [5.74, 6) is 0.935. The lowest BCUT2D eigenvalue weighted by molar-refractivity contribution is 0.00578. The van der Waals surface area contributed by atoms with E-state index in [2.05, 4.69) is 123 Å². The van der Waals surface area contributed by atoms with Crippen LogP contribution in [0.3, 0.4) is 0 Å². The minimum absolute atomic E-state index is 0.345. The van der Waals surface area contributed by atoms with Crippen LogP contribution in [0.5, 0.6) is 0 Å². The van der Waals surface area contributed by atoms with Gasteiger partial charge in [-0.05, 0) is 68.6 Å². The van der Waals surface area contributed by atoms with Gasteiger partial charge in [0.2, 0.25) is 0 Å². The van der Waals surface area contributed by atoms with E-state index in [0.717, 1.165) is 44.7 Å². The summed E-state index contributed by atoms with van der Waals surface area (Å²) in [7, 11) is -0.350. The van der Waals surface area contributed by atoms with Crippen molar-refractivity contribution in [2.75, 3.05) is 0 Å². The minimum atomic E-state index is -0.350. The van der Waals surface area contributed by atoms with E-state index in [4.69, 9.17) is 14.3 Å². The lowest BCUT2D eigenvalue weighted by Crippen LogP contribution is -2.41. The summed E-state index contributed by atoms with van der Waals surface area (Å²) in [6.07, 6.45) is 0. The Morgan fingerprint density at radius 2 is 1.14 bits per heavy atom. The monoisotopic (exact) mass is 472 g/mol. The van der Waals surface area contributed by atoms with Crippen molar-refractivity contribution >= 4 is 23.6 Å². The van der Waals surface area contributed by atoms with Gasteiger partial charge in [0.1, 0.15) is 5.82 Å². The summed E-state index contributed by atoms with van der Waals surface area (Å²) in [6, 6.07) is 35.8. The molecule has 0 atom stereocenters. The molecule has 0 radical (unpaired) electrons. The molecular formula is C31H29BN2O2. The molecule has 0 saturated carbocycles. The molecule has 6 rings (SSSR count). The third kappa shape index (κ3) is 3.85. The first-order chi connectivity index (χ1) is 17.3. The van der Waals surface area contributed by atoms with Crippen molar-refractivity contribution in [2.45, 2.75) is 38.9 Å². The second-order valence-corrected chi connectivity index (χ2v) is 10.4. The molecule has 2 heterocycles. The molecule has 1 saturated heterocycles.